The van der Waals surface area contributed by atoms with Crippen LogP contribution in [-0.2, 0) is 11.3 Å². The van der Waals surface area contributed by atoms with Gasteiger partial charge in [0.15, 0.2) is 0 Å². The highest BCUT2D eigenvalue weighted by Crippen LogP contribution is 2.19. The molecule has 8 heteroatoms. The van der Waals surface area contributed by atoms with Crippen molar-refractivity contribution in [3.63, 3.8) is 0 Å². The number of primary amides is 1. The Morgan fingerprint density at radius 1 is 1.00 bits per heavy atom. The van der Waals surface area contributed by atoms with Gasteiger partial charge in [0.25, 0.3) is 0 Å². The number of amides is 4. The number of carbonyl (C=O) groups excluding carboxylic acids is 3. The van der Waals surface area contributed by atoms with E-state index in [-0.39, 0.29) is 18.1 Å². The first-order chi connectivity index (χ1) is 13.1. The molecule has 8 nitrogen and oxygen atoms in total. The van der Waals surface area contributed by atoms with Crippen molar-refractivity contribution in [2.24, 2.45) is 5.73 Å². The van der Waals surface area contributed by atoms with Crippen LogP contribution in [0.3, 0.4) is 0 Å². The molecule has 1 saturated carbocycles. The fourth-order valence-corrected chi connectivity index (χ4v) is 3.06. The van der Waals surface area contributed by atoms with E-state index in [0.717, 1.165) is 31.2 Å². The number of hydrogen-bond donors (Lipinski definition) is 4. The Kier molecular flexibility index (Phi) is 7.25. The first-order valence-corrected chi connectivity index (χ1v) is 9.55. The van der Waals surface area contributed by atoms with Crippen LogP contribution in [0.5, 0.6) is 0 Å². The minimum atomic E-state index is -0.513. The summed E-state index contributed by atoms with van der Waals surface area (Å²) in [7, 11) is 0. The van der Waals surface area contributed by atoms with Crippen molar-refractivity contribution in [2.75, 3.05) is 0 Å². The summed E-state index contributed by atoms with van der Waals surface area (Å²) in [4.78, 5) is 35.0. The molecule has 0 unspecified atom stereocenters. The predicted octanol–water partition coefficient (Wildman–Crippen LogP) is 2.42. The van der Waals surface area contributed by atoms with Crippen LogP contribution in [0, 0.1) is 0 Å². The molecular weight excluding hydrogens is 360 g/mol. The normalized spacial score (nSPS) is 19.4. The molecule has 0 spiro atoms. The van der Waals surface area contributed by atoms with Gasteiger partial charge in [-0.1, -0.05) is 12.1 Å². The summed E-state index contributed by atoms with van der Waals surface area (Å²) >= 11 is 0. The lowest BCUT2D eigenvalue weighted by molar-refractivity contribution is 0.0489. The van der Waals surface area contributed by atoms with E-state index in [1.807, 2.05) is 20.8 Å². The largest absolute Gasteiger partial charge is 0.444 e. The lowest BCUT2D eigenvalue weighted by Gasteiger charge is -2.30. The maximum absolute atomic E-state index is 12.1. The highest BCUT2D eigenvalue weighted by molar-refractivity contribution is 5.92. The van der Waals surface area contributed by atoms with Crippen LogP contribution in [0.15, 0.2) is 24.3 Å². The molecule has 1 aliphatic rings. The molecule has 4 amide bonds. The van der Waals surface area contributed by atoms with E-state index in [0.29, 0.717) is 12.1 Å². The number of hydrogen-bond acceptors (Lipinski definition) is 4. The van der Waals surface area contributed by atoms with Gasteiger partial charge in [-0.3, -0.25) is 4.79 Å². The van der Waals surface area contributed by atoms with Crippen molar-refractivity contribution >= 4 is 18.0 Å². The second-order valence-electron chi connectivity index (χ2n) is 8.08. The third kappa shape index (κ3) is 7.46. The Morgan fingerprint density at radius 3 is 2.04 bits per heavy atom. The van der Waals surface area contributed by atoms with Gasteiger partial charge in [0, 0.05) is 24.2 Å². The molecular formula is C20H30N4O4. The van der Waals surface area contributed by atoms with Gasteiger partial charge < -0.3 is 26.4 Å². The zero-order chi connectivity index (χ0) is 20.7. The quantitative estimate of drug-likeness (QED) is 0.616. The molecule has 2 rings (SSSR count). The number of urea groups is 1. The molecule has 0 bridgehead atoms. The van der Waals surface area contributed by atoms with Crippen molar-refractivity contribution in [2.45, 2.75) is 70.7 Å². The van der Waals surface area contributed by atoms with E-state index in [2.05, 4.69) is 16.0 Å². The Balaban J connectivity index is 1.67. The molecule has 1 aromatic carbocycles. The molecule has 0 aliphatic heterocycles. The SMILES string of the molecule is CC(C)(C)OC(=O)NC1CCC(NC(=O)NCc2ccc(C(N)=O)cc2)CC1. The number of benzene rings is 1. The van der Waals surface area contributed by atoms with Crippen molar-refractivity contribution in [1.82, 2.24) is 16.0 Å². The molecule has 0 radical (unpaired) electrons. The Labute approximate surface area is 165 Å². The second kappa shape index (κ2) is 9.43. The molecule has 5 N–H and O–H groups in total. The van der Waals surface area contributed by atoms with E-state index in [1.165, 1.54) is 0 Å². The van der Waals surface area contributed by atoms with Crippen molar-refractivity contribution in [3.05, 3.63) is 35.4 Å². The summed E-state index contributed by atoms with van der Waals surface area (Å²) in [6, 6.07) is 6.70. The Hall–Kier alpha value is -2.77. The zero-order valence-electron chi connectivity index (χ0n) is 16.7. The average molecular weight is 390 g/mol. The van der Waals surface area contributed by atoms with Gasteiger partial charge in [0.2, 0.25) is 5.91 Å². The van der Waals surface area contributed by atoms with Crippen LogP contribution >= 0.6 is 0 Å². The number of carbonyl (C=O) groups is 3. The number of alkyl carbamates (subject to hydrolysis) is 1. The van der Waals surface area contributed by atoms with Gasteiger partial charge in [-0.05, 0) is 64.2 Å². The maximum atomic E-state index is 12.1. The summed E-state index contributed by atoms with van der Waals surface area (Å²) in [5, 5.41) is 8.66. The first-order valence-electron chi connectivity index (χ1n) is 9.55. The van der Waals surface area contributed by atoms with Gasteiger partial charge in [-0.15, -0.1) is 0 Å². The van der Waals surface area contributed by atoms with Gasteiger partial charge >= 0.3 is 12.1 Å². The van der Waals surface area contributed by atoms with E-state index in [4.69, 9.17) is 10.5 Å². The van der Waals surface area contributed by atoms with Crippen LogP contribution < -0.4 is 21.7 Å². The van der Waals surface area contributed by atoms with Crippen molar-refractivity contribution in [1.29, 1.82) is 0 Å². The topological polar surface area (TPSA) is 123 Å². The highest BCUT2D eigenvalue weighted by atomic mass is 16.6. The van der Waals surface area contributed by atoms with Crippen LogP contribution in [-0.4, -0.2) is 35.7 Å². The van der Waals surface area contributed by atoms with E-state index in [1.54, 1.807) is 24.3 Å². The Morgan fingerprint density at radius 2 is 1.54 bits per heavy atom. The summed E-state index contributed by atoms with van der Waals surface area (Å²) in [5.74, 6) is -0.478. The van der Waals surface area contributed by atoms with Crippen LogP contribution in [0.1, 0.15) is 62.4 Å². The lowest BCUT2D eigenvalue weighted by Crippen LogP contribution is -2.47. The minimum Gasteiger partial charge on any atom is -0.444 e. The minimum absolute atomic E-state index is 0.0692. The number of rotatable bonds is 5. The molecule has 28 heavy (non-hydrogen) atoms. The average Bonchev–Trinajstić information content (AvgIpc) is 2.60. The Bertz CT molecular complexity index is 689. The second-order valence-corrected chi connectivity index (χ2v) is 8.08. The molecule has 0 saturated heterocycles. The molecule has 1 fully saturated rings. The van der Waals surface area contributed by atoms with E-state index < -0.39 is 17.6 Å². The third-order valence-electron chi connectivity index (χ3n) is 4.47. The zero-order valence-corrected chi connectivity index (χ0v) is 16.7. The fraction of sp³-hybridized carbons (Fsp3) is 0.550. The summed E-state index contributed by atoms with van der Waals surface area (Å²) in [5.41, 5.74) is 6.01. The predicted molar refractivity (Wildman–Crippen MR) is 106 cm³/mol. The monoisotopic (exact) mass is 390 g/mol. The van der Waals surface area contributed by atoms with E-state index >= 15 is 0 Å². The highest BCUT2D eigenvalue weighted by Gasteiger charge is 2.25. The number of ether oxygens (including phenoxy) is 1. The number of nitrogens with one attached hydrogen (secondary N) is 3. The molecule has 1 aromatic rings. The van der Waals surface area contributed by atoms with E-state index in [9.17, 15) is 14.4 Å². The molecule has 0 atom stereocenters. The van der Waals surface area contributed by atoms with Gasteiger partial charge in [0.05, 0.1) is 0 Å². The molecule has 154 valence electrons. The van der Waals surface area contributed by atoms with Gasteiger partial charge in [0.1, 0.15) is 5.60 Å². The van der Waals surface area contributed by atoms with Gasteiger partial charge in [-0.2, -0.15) is 0 Å². The summed E-state index contributed by atoms with van der Waals surface area (Å²) < 4.78 is 5.27. The third-order valence-corrected chi connectivity index (χ3v) is 4.47. The maximum Gasteiger partial charge on any atom is 0.407 e. The molecule has 0 heterocycles. The van der Waals surface area contributed by atoms with Crippen LogP contribution in [0.2, 0.25) is 0 Å². The standard InChI is InChI=1S/C20H30N4O4/c1-20(2,3)28-19(27)24-16-10-8-15(9-11-16)23-18(26)22-12-13-4-6-14(7-5-13)17(21)25/h4-7,15-16H,8-12H2,1-3H3,(H2,21,25)(H,24,27)(H2,22,23,26). The smallest absolute Gasteiger partial charge is 0.407 e. The summed E-state index contributed by atoms with van der Waals surface area (Å²) in [6.07, 6.45) is 2.77. The van der Waals surface area contributed by atoms with Crippen molar-refractivity contribution < 1.29 is 19.1 Å². The molecule has 0 aromatic heterocycles. The molecule has 1 aliphatic carbocycles. The van der Waals surface area contributed by atoms with Crippen LogP contribution in [0.4, 0.5) is 9.59 Å². The summed E-state index contributed by atoms with van der Waals surface area (Å²) in [6.45, 7) is 5.86. The lowest BCUT2D eigenvalue weighted by atomic mass is 9.91. The first kappa shape index (κ1) is 21.5. The van der Waals surface area contributed by atoms with Crippen molar-refractivity contribution in [3.8, 4) is 0 Å². The number of nitrogens with two attached hydrogens (primary N) is 1. The van der Waals surface area contributed by atoms with Gasteiger partial charge in [-0.25, -0.2) is 9.59 Å². The van der Waals surface area contributed by atoms with Crippen LogP contribution in [0.25, 0.3) is 0 Å². The fourth-order valence-electron chi connectivity index (χ4n) is 3.06.